The molecule has 0 atom stereocenters. The summed E-state index contributed by atoms with van der Waals surface area (Å²) < 4.78 is 1.41. The van der Waals surface area contributed by atoms with Gasteiger partial charge in [0.15, 0.2) is 5.69 Å². The van der Waals surface area contributed by atoms with Crippen LogP contribution in [0.1, 0.15) is 32.9 Å². The van der Waals surface area contributed by atoms with E-state index in [-0.39, 0.29) is 18.1 Å². The van der Waals surface area contributed by atoms with E-state index in [9.17, 15) is 9.59 Å². The maximum absolute atomic E-state index is 12.6. The van der Waals surface area contributed by atoms with Crippen molar-refractivity contribution in [3.8, 4) is 0 Å². The molecule has 3 aromatic rings. The number of rotatable bonds is 6. The molecule has 0 aliphatic carbocycles. The van der Waals surface area contributed by atoms with Crippen LogP contribution >= 0.6 is 11.6 Å². The van der Waals surface area contributed by atoms with Gasteiger partial charge in [-0.15, -0.1) is 5.10 Å². The van der Waals surface area contributed by atoms with Gasteiger partial charge in [-0.25, -0.2) is 4.68 Å². The molecule has 1 aromatic heterocycles. The van der Waals surface area contributed by atoms with Crippen molar-refractivity contribution < 1.29 is 9.59 Å². The molecule has 0 spiro atoms. The van der Waals surface area contributed by atoms with E-state index in [1.54, 1.807) is 25.1 Å². The Balaban J connectivity index is 1.62. The maximum atomic E-state index is 12.6. The minimum atomic E-state index is -0.404. The van der Waals surface area contributed by atoms with Gasteiger partial charge in [0.25, 0.3) is 5.91 Å². The van der Waals surface area contributed by atoms with E-state index in [0.717, 1.165) is 16.7 Å². The van der Waals surface area contributed by atoms with Crippen molar-refractivity contribution in [1.82, 2.24) is 20.3 Å². The van der Waals surface area contributed by atoms with Crippen molar-refractivity contribution in [3.05, 3.63) is 75.6 Å². The van der Waals surface area contributed by atoms with Crippen molar-refractivity contribution in [2.45, 2.75) is 33.9 Å². The van der Waals surface area contributed by atoms with Crippen molar-refractivity contribution in [1.29, 1.82) is 0 Å². The van der Waals surface area contributed by atoms with Crippen molar-refractivity contribution >= 4 is 29.1 Å². The van der Waals surface area contributed by atoms with Gasteiger partial charge >= 0.3 is 0 Å². The van der Waals surface area contributed by atoms with E-state index in [0.29, 0.717) is 22.9 Å². The number of amides is 2. The standard InChI is InChI=1S/C21H22ClN5O2/c1-13-7-9-16(10-8-13)11-23-19(28)12-27-15(3)20(25-26-27)21(29)24-18-6-4-5-17(22)14(18)2/h4-10H,11-12H2,1-3H3,(H,23,28)(H,24,29). The second kappa shape index (κ2) is 8.87. The normalized spacial score (nSPS) is 10.6. The predicted octanol–water partition coefficient (Wildman–Crippen LogP) is 3.43. The molecular weight excluding hydrogens is 390 g/mol. The van der Waals surface area contributed by atoms with Gasteiger partial charge in [0.2, 0.25) is 5.91 Å². The van der Waals surface area contributed by atoms with E-state index >= 15 is 0 Å². The molecule has 0 fully saturated rings. The first-order chi connectivity index (χ1) is 13.8. The molecule has 0 aliphatic heterocycles. The quantitative estimate of drug-likeness (QED) is 0.650. The van der Waals surface area contributed by atoms with Gasteiger partial charge in [-0.1, -0.05) is 52.7 Å². The Labute approximate surface area is 174 Å². The van der Waals surface area contributed by atoms with Crippen LogP contribution in [0.4, 0.5) is 5.69 Å². The highest BCUT2D eigenvalue weighted by Gasteiger charge is 2.19. The fourth-order valence-corrected chi connectivity index (χ4v) is 2.92. The number of nitrogens with one attached hydrogen (secondary N) is 2. The number of aryl methyl sites for hydroxylation is 1. The minimum Gasteiger partial charge on any atom is -0.350 e. The lowest BCUT2D eigenvalue weighted by atomic mass is 10.1. The van der Waals surface area contributed by atoms with Gasteiger partial charge in [-0.3, -0.25) is 9.59 Å². The van der Waals surface area contributed by atoms with Gasteiger partial charge in [0.05, 0.1) is 5.69 Å². The summed E-state index contributed by atoms with van der Waals surface area (Å²) in [5.74, 6) is -0.615. The first-order valence-corrected chi connectivity index (χ1v) is 9.51. The molecule has 0 saturated carbocycles. The molecule has 2 amide bonds. The molecular formula is C21H22ClN5O2. The Morgan fingerprint density at radius 3 is 2.52 bits per heavy atom. The van der Waals surface area contributed by atoms with Crippen LogP contribution in [-0.4, -0.2) is 26.8 Å². The number of hydrogen-bond donors (Lipinski definition) is 2. The molecule has 150 valence electrons. The Kier molecular flexibility index (Phi) is 6.29. The minimum absolute atomic E-state index is 0.0197. The smallest absolute Gasteiger partial charge is 0.278 e. The summed E-state index contributed by atoms with van der Waals surface area (Å²) in [4.78, 5) is 24.8. The fourth-order valence-electron chi connectivity index (χ4n) is 2.74. The van der Waals surface area contributed by atoms with Crippen LogP contribution < -0.4 is 10.6 Å². The van der Waals surface area contributed by atoms with Crippen LogP contribution in [-0.2, 0) is 17.9 Å². The summed E-state index contributed by atoms with van der Waals surface area (Å²) in [5.41, 5.74) is 4.21. The van der Waals surface area contributed by atoms with Crippen LogP contribution in [0.15, 0.2) is 42.5 Å². The van der Waals surface area contributed by atoms with Crippen molar-refractivity contribution in [3.63, 3.8) is 0 Å². The fraction of sp³-hybridized carbons (Fsp3) is 0.238. The summed E-state index contributed by atoms with van der Waals surface area (Å²) >= 11 is 6.09. The molecule has 0 unspecified atom stereocenters. The molecule has 29 heavy (non-hydrogen) atoms. The van der Waals surface area contributed by atoms with Gasteiger partial charge in [0.1, 0.15) is 6.54 Å². The third kappa shape index (κ3) is 5.00. The van der Waals surface area contributed by atoms with Crippen LogP contribution in [0.2, 0.25) is 5.02 Å². The predicted molar refractivity (Wildman–Crippen MR) is 112 cm³/mol. The largest absolute Gasteiger partial charge is 0.350 e. The number of anilines is 1. The number of hydrogen-bond acceptors (Lipinski definition) is 4. The SMILES string of the molecule is Cc1ccc(CNC(=O)Cn2nnc(C(=O)Nc3cccc(Cl)c3C)c2C)cc1. The Morgan fingerprint density at radius 2 is 1.79 bits per heavy atom. The van der Waals surface area contributed by atoms with Gasteiger partial charge < -0.3 is 10.6 Å². The molecule has 0 bridgehead atoms. The average molecular weight is 412 g/mol. The first kappa shape index (κ1) is 20.5. The lowest BCUT2D eigenvalue weighted by Crippen LogP contribution is -2.28. The topological polar surface area (TPSA) is 88.9 Å². The monoisotopic (exact) mass is 411 g/mol. The highest BCUT2D eigenvalue weighted by Crippen LogP contribution is 2.23. The highest BCUT2D eigenvalue weighted by molar-refractivity contribution is 6.31. The second-order valence-electron chi connectivity index (χ2n) is 6.81. The van der Waals surface area contributed by atoms with Crippen molar-refractivity contribution in [2.75, 3.05) is 5.32 Å². The summed E-state index contributed by atoms with van der Waals surface area (Å²) in [6, 6.07) is 13.2. The van der Waals surface area contributed by atoms with Crippen LogP contribution in [0.5, 0.6) is 0 Å². The highest BCUT2D eigenvalue weighted by atomic mass is 35.5. The Bertz CT molecular complexity index is 1040. The Morgan fingerprint density at radius 1 is 1.07 bits per heavy atom. The zero-order chi connectivity index (χ0) is 21.0. The summed E-state index contributed by atoms with van der Waals surface area (Å²) in [6.07, 6.45) is 0. The lowest BCUT2D eigenvalue weighted by Gasteiger charge is -2.09. The number of nitrogens with zero attached hydrogens (tertiary/aromatic N) is 3. The summed E-state index contributed by atoms with van der Waals surface area (Å²) in [6.45, 7) is 5.94. The first-order valence-electron chi connectivity index (χ1n) is 9.14. The second-order valence-corrected chi connectivity index (χ2v) is 7.22. The molecule has 8 heteroatoms. The zero-order valence-corrected chi connectivity index (χ0v) is 17.2. The van der Waals surface area contributed by atoms with Crippen LogP contribution in [0.25, 0.3) is 0 Å². The molecule has 1 heterocycles. The molecule has 3 rings (SSSR count). The lowest BCUT2D eigenvalue weighted by molar-refractivity contribution is -0.122. The van der Waals surface area contributed by atoms with Gasteiger partial charge in [-0.05, 0) is 44.0 Å². The van der Waals surface area contributed by atoms with Crippen LogP contribution in [0, 0.1) is 20.8 Å². The molecule has 7 nitrogen and oxygen atoms in total. The molecule has 0 aliphatic rings. The van der Waals surface area contributed by atoms with Gasteiger partial charge in [0, 0.05) is 17.3 Å². The maximum Gasteiger partial charge on any atom is 0.278 e. The van der Waals surface area contributed by atoms with Crippen molar-refractivity contribution in [2.24, 2.45) is 0 Å². The van der Waals surface area contributed by atoms with E-state index in [2.05, 4.69) is 20.9 Å². The average Bonchev–Trinajstić information content (AvgIpc) is 3.05. The number of carbonyl (C=O) groups is 2. The molecule has 0 radical (unpaired) electrons. The number of aromatic nitrogens is 3. The third-order valence-corrected chi connectivity index (χ3v) is 5.03. The molecule has 2 aromatic carbocycles. The number of benzene rings is 2. The zero-order valence-electron chi connectivity index (χ0n) is 16.5. The van der Waals surface area contributed by atoms with E-state index in [1.807, 2.05) is 38.1 Å². The van der Waals surface area contributed by atoms with E-state index in [1.165, 1.54) is 4.68 Å². The van der Waals surface area contributed by atoms with Crippen LogP contribution in [0.3, 0.4) is 0 Å². The number of halogens is 1. The molecule has 2 N–H and O–H groups in total. The number of carbonyl (C=O) groups excluding carboxylic acids is 2. The summed E-state index contributed by atoms with van der Waals surface area (Å²) in [7, 11) is 0. The Hall–Kier alpha value is -3.19. The molecule has 0 saturated heterocycles. The van der Waals surface area contributed by atoms with E-state index < -0.39 is 5.91 Å². The van der Waals surface area contributed by atoms with Gasteiger partial charge in [-0.2, -0.15) is 0 Å². The third-order valence-electron chi connectivity index (χ3n) is 4.62. The van der Waals surface area contributed by atoms with E-state index in [4.69, 9.17) is 11.6 Å². The summed E-state index contributed by atoms with van der Waals surface area (Å²) in [5, 5.41) is 14.1.